The van der Waals surface area contributed by atoms with Gasteiger partial charge < -0.3 is 4.57 Å². The van der Waals surface area contributed by atoms with Gasteiger partial charge in [-0.3, -0.25) is 0 Å². The maximum Gasteiger partial charge on any atom is 0.0529 e. The van der Waals surface area contributed by atoms with Crippen molar-refractivity contribution in [3.05, 3.63) is 95.1 Å². The third kappa shape index (κ3) is 2.66. The smallest absolute Gasteiger partial charge is 0.0529 e. The van der Waals surface area contributed by atoms with Gasteiger partial charge in [0.05, 0.1) is 5.69 Å². The Kier molecular flexibility index (Phi) is 3.93. The van der Waals surface area contributed by atoms with Gasteiger partial charge in [-0.05, 0) is 49.1 Å². The van der Waals surface area contributed by atoms with E-state index < -0.39 is 0 Å². The van der Waals surface area contributed by atoms with Gasteiger partial charge in [-0.1, -0.05) is 66.7 Å². The molecule has 0 N–H and O–H groups in total. The number of rotatable bonds is 3. The van der Waals surface area contributed by atoms with Crippen LogP contribution in [0, 0.1) is 20.8 Å². The topological polar surface area (TPSA) is 4.93 Å². The number of benzene rings is 3. The van der Waals surface area contributed by atoms with Crippen molar-refractivity contribution in [2.75, 3.05) is 0 Å². The Morgan fingerprint density at radius 3 is 2.04 bits per heavy atom. The molecule has 0 aliphatic carbocycles. The Morgan fingerprint density at radius 2 is 1.32 bits per heavy atom. The van der Waals surface area contributed by atoms with Gasteiger partial charge in [0.25, 0.3) is 0 Å². The standard InChI is InChI=1S/C24H23N/c1-17-10-9-11-18(2)23(17)24-19(3)21-14-7-8-15-22(21)25(24)16-20-12-5-4-6-13-20/h4-15H,16H2,1-3H3. The summed E-state index contributed by atoms with van der Waals surface area (Å²) < 4.78 is 2.48. The SMILES string of the molecule is Cc1cccc(C)c1-c1c(C)c2ccccc2n1Cc1ccccc1. The summed E-state index contributed by atoms with van der Waals surface area (Å²) in [5.74, 6) is 0. The van der Waals surface area contributed by atoms with E-state index in [4.69, 9.17) is 0 Å². The highest BCUT2D eigenvalue weighted by atomic mass is 15.0. The highest BCUT2D eigenvalue weighted by Crippen LogP contribution is 2.37. The summed E-state index contributed by atoms with van der Waals surface area (Å²) in [4.78, 5) is 0. The van der Waals surface area contributed by atoms with Crippen LogP contribution in [0.3, 0.4) is 0 Å². The van der Waals surface area contributed by atoms with Crippen LogP contribution in [0.1, 0.15) is 22.3 Å². The van der Waals surface area contributed by atoms with Gasteiger partial charge >= 0.3 is 0 Å². The third-order valence-corrected chi connectivity index (χ3v) is 5.13. The maximum absolute atomic E-state index is 2.48. The lowest BCUT2D eigenvalue weighted by Gasteiger charge is -2.16. The Labute approximate surface area is 149 Å². The zero-order valence-corrected chi connectivity index (χ0v) is 15.1. The molecule has 0 fully saturated rings. The van der Waals surface area contributed by atoms with Crippen molar-refractivity contribution >= 4 is 10.9 Å². The summed E-state index contributed by atoms with van der Waals surface area (Å²) >= 11 is 0. The van der Waals surface area contributed by atoms with Crippen LogP contribution in [0.25, 0.3) is 22.2 Å². The molecular weight excluding hydrogens is 302 g/mol. The predicted molar refractivity (Wildman–Crippen MR) is 107 cm³/mol. The molecule has 0 saturated heterocycles. The monoisotopic (exact) mass is 325 g/mol. The highest BCUT2D eigenvalue weighted by molar-refractivity contribution is 5.92. The third-order valence-electron chi connectivity index (χ3n) is 5.13. The van der Waals surface area contributed by atoms with Gasteiger partial charge in [0, 0.05) is 23.0 Å². The second-order valence-corrected chi connectivity index (χ2v) is 6.83. The number of aryl methyl sites for hydroxylation is 3. The fourth-order valence-electron chi connectivity index (χ4n) is 3.92. The van der Waals surface area contributed by atoms with Crippen LogP contribution in [-0.2, 0) is 6.54 Å². The van der Waals surface area contributed by atoms with E-state index in [2.05, 4.69) is 98.1 Å². The summed E-state index contributed by atoms with van der Waals surface area (Å²) in [5.41, 5.74) is 9.38. The number of hydrogen-bond acceptors (Lipinski definition) is 0. The summed E-state index contributed by atoms with van der Waals surface area (Å²) in [6.07, 6.45) is 0. The van der Waals surface area contributed by atoms with E-state index in [1.165, 1.54) is 44.4 Å². The zero-order valence-electron chi connectivity index (χ0n) is 15.1. The van der Waals surface area contributed by atoms with E-state index in [9.17, 15) is 0 Å². The van der Waals surface area contributed by atoms with Crippen molar-refractivity contribution in [3.63, 3.8) is 0 Å². The first-order valence-electron chi connectivity index (χ1n) is 8.85. The largest absolute Gasteiger partial charge is 0.336 e. The van der Waals surface area contributed by atoms with Gasteiger partial charge in [0.15, 0.2) is 0 Å². The molecule has 3 aromatic carbocycles. The lowest BCUT2D eigenvalue weighted by molar-refractivity contribution is 0.841. The molecule has 1 heterocycles. The lowest BCUT2D eigenvalue weighted by atomic mass is 9.97. The van der Waals surface area contributed by atoms with E-state index in [-0.39, 0.29) is 0 Å². The van der Waals surface area contributed by atoms with Crippen molar-refractivity contribution in [2.45, 2.75) is 27.3 Å². The molecular formula is C24H23N. The number of fused-ring (bicyclic) bond motifs is 1. The van der Waals surface area contributed by atoms with Gasteiger partial charge in [0.2, 0.25) is 0 Å². The summed E-state index contributed by atoms with van der Waals surface area (Å²) in [5, 5.41) is 1.34. The first-order chi connectivity index (χ1) is 12.2. The molecule has 4 rings (SSSR count). The molecule has 0 aliphatic rings. The van der Waals surface area contributed by atoms with Crippen molar-refractivity contribution in [1.82, 2.24) is 4.57 Å². The van der Waals surface area contributed by atoms with Gasteiger partial charge in [-0.25, -0.2) is 0 Å². The van der Waals surface area contributed by atoms with Crippen LogP contribution >= 0.6 is 0 Å². The van der Waals surface area contributed by atoms with E-state index in [0.29, 0.717) is 0 Å². The van der Waals surface area contributed by atoms with Crippen LogP contribution < -0.4 is 0 Å². The lowest BCUT2D eigenvalue weighted by Crippen LogP contribution is -2.04. The second kappa shape index (κ2) is 6.25. The molecule has 0 unspecified atom stereocenters. The molecule has 0 spiro atoms. The van der Waals surface area contributed by atoms with Crippen molar-refractivity contribution in [1.29, 1.82) is 0 Å². The van der Waals surface area contributed by atoms with Crippen molar-refractivity contribution < 1.29 is 0 Å². The van der Waals surface area contributed by atoms with Crippen molar-refractivity contribution in [3.8, 4) is 11.3 Å². The van der Waals surface area contributed by atoms with Gasteiger partial charge in [0.1, 0.15) is 0 Å². The fraction of sp³-hybridized carbons (Fsp3) is 0.167. The average molecular weight is 325 g/mol. The molecule has 1 heteroatoms. The molecule has 0 aliphatic heterocycles. The first-order valence-corrected chi connectivity index (χ1v) is 8.85. The molecule has 0 radical (unpaired) electrons. The normalized spacial score (nSPS) is 11.2. The van der Waals surface area contributed by atoms with Crippen LogP contribution in [0.5, 0.6) is 0 Å². The first kappa shape index (κ1) is 15.7. The zero-order chi connectivity index (χ0) is 17.4. The van der Waals surface area contributed by atoms with Crippen LogP contribution in [-0.4, -0.2) is 4.57 Å². The fourth-order valence-corrected chi connectivity index (χ4v) is 3.92. The Balaban J connectivity index is 2.03. The van der Waals surface area contributed by atoms with Crippen LogP contribution in [0.4, 0.5) is 0 Å². The molecule has 0 atom stereocenters. The minimum atomic E-state index is 0.887. The molecule has 124 valence electrons. The number of aromatic nitrogens is 1. The quantitative estimate of drug-likeness (QED) is 0.417. The summed E-state index contributed by atoms with van der Waals surface area (Å²) in [6, 6.07) is 26.1. The molecule has 0 saturated carbocycles. The Hall–Kier alpha value is -2.80. The summed E-state index contributed by atoms with van der Waals surface area (Å²) in [7, 11) is 0. The van der Waals surface area contributed by atoms with E-state index in [1.54, 1.807) is 0 Å². The molecule has 0 bridgehead atoms. The molecule has 1 aromatic heterocycles. The maximum atomic E-state index is 2.48. The molecule has 4 aromatic rings. The predicted octanol–water partition coefficient (Wildman–Crippen LogP) is 6.28. The van der Waals surface area contributed by atoms with Crippen LogP contribution in [0.15, 0.2) is 72.8 Å². The van der Waals surface area contributed by atoms with Gasteiger partial charge in [-0.15, -0.1) is 0 Å². The Morgan fingerprint density at radius 1 is 0.680 bits per heavy atom. The number of nitrogens with zero attached hydrogens (tertiary/aromatic N) is 1. The molecule has 25 heavy (non-hydrogen) atoms. The van der Waals surface area contributed by atoms with E-state index in [0.717, 1.165) is 6.54 Å². The minimum Gasteiger partial charge on any atom is -0.336 e. The molecule has 1 nitrogen and oxygen atoms in total. The average Bonchev–Trinajstić information content (AvgIpc) is 2.89. The highest BCUT2D eigenvalue weighted by Gasteiger charge is 2.18. The van der Waals surface area contributed by atoms with E-state index >= 15 is 0 Å². The second-order valence-electron chi connectivity index (χ2n) is 6.83. The Bertz CT molecular complexity index is 1020. The summed E-state index contributed by atoms with van der Waals surface area (Å²) in [6.45, 7) is 7.57. The van der Waals surface area contributed by atoms with Crippen LogP contribution in [0.2, 0.25) is 0 Å². The number of para-hydroxylation sites is 1. The van der Waals surface area contributed by atoms with E-state index in [1.807, 2.05) is 0 Å². The molecule has 0 amide bonds. The minimum absolute atomic E-state index is 0.887. The number of hydrogen-bond donors (Lipinski definition) is 0. The van der Waals surface area contributed by atoms with Crippen molar-refractivity contribution in [2.24, 2.45) is 0 Å². The van der Waals surface area contributed by atoms with Gasteiger partial charge in [-0.2, -0.15) is 0 Å².